The summed E-state index contributed by atoms with van der Waals surface area (Å²) in [5.41, 5.74) is 1.75. The minimum atomic E-state index is -0.655. The fraction of sp³-hybridized carbons (Fsp3) is 0.323. The molecule has 0 spiro atoms. The minimum absolute atomic E-state index is 0.0319. The van der Waals surface area contributed by atoms with Crippen LogP contribution >= 0.6 is 0 Å². The molecule has 42 heavy (non-hydrogen) atoms. The predicted molar refractivity (Wildman–Crippen MR) is 150 cm³/mol. The Morgan fingerprint density at radius 2 is 1.81 bits per heavy atom. The summed E-state index contributed by atoms with van der Waals surface area (Å²) in [6, 6.07) is 15.2. The second kappa shape index (κ2) is 12.8. The highest BCUT2D eigenvalue weighted by atomic mass is 19.1. The van der Waals surface area contributed by atoms with E-state index in [9.17, 15) is 23.9 Å². The number of nitrogens with zero attached hydrogens (tertiary/aromatic N) is 1. The predicted octanol–water partition coefficient (Wildman–Crippen LogP) is 2.96. The molecule has 3 N–H and O–H groups in total. The molecule has 0 radical (unpaired) electrons. The number of benzene rings is 3. The summed E-state index contributed by atoms with van der Waals surface area (Å²) in [5, 5.41) is 16.0. The van der Waals surface area contributed by atoms with Crippen molar-refractivity contribution in [3.8, 4) is 23.0 Å². The van der Waals surface area contributed by atoms with Gasteiger partial charge in [0.05, 0.1) is 18.7 Å². The van der Waals surface area contributed by atoms with E-state index < -0.39 is 35.5 Å². The molecule has 11 heteroatoms. The van der Waals surface area contributed by atoms with Crippen molar-refractivity contribution in [1.82, 2.24) is 15.5 Å². The van der Waals surface area contributed by atoms with Crippen LogP contribution in [0.15, 0.2) is 60.7 Å². The van der Waals surface area contributed by atoms with Crippen molar-refractivity contribution < 1.29 is 38.1 Å². The van der Waals surface area contributed by atoms with Crippen LogP contribution < -0.4 is 24.8 Å². The molecule has 220 valence electrons. The van der Waals surface area contributed by atoms with Crippen LogP contribution in [0, 0.1) is 5.82 Å². The first-order valence-electron chi connectivity index (χ1n) is 13.7. The van der Waals surface area contributed by atoms with Gasteiger partial charge in [-0.2, -0.15) is 0 Å². The maximum atomic E-state index is 13.5. The number of methoxy groups -OCH3 is 1. The standard InChI is InChI=1S/C31H32FN3O7/c1-40-28-14-19-4-10-27(28)41-18-30(38)34-24-17-35(31(39)23-9-6-21(32)15-25(23)36)13-12-26(24)42-22-7-2-20(3-8-22)16-33-29(37)11-5-19/h2-4,6-10,14-15,24,26,36H,5,11-13,16-18H2,1H3,(H,33,37)(H,34,38)/t24-,26-/m1/s1. The number of aryl methyl sites for hydroxylation is 1. The molecular formula is C31H32FN3O7. The molecule has 5 aliphatic rings. The molecule has 5 heterocycles. The lowest BCUT2D eigenvalue weighted by Crippen LogP contribution is -2.58. The summed E-state index contributed by atoms with van der Waals surface area (Å²) < 4.78 is 31.0. The average Bonchev–Trinajstić information content (AvgIpc) is 2.99. The number of nitrogens with one attached hydrogen (secondary N) is 2. The SMILES string of the molecule is COc1cc2ccc1OCC(=O)N[C@@H]1CN(C(=O)c3ccc(F)cc3O)CC[C@H]1Oc1ccc(cc1)CNC(=O)CC2. The molecule has 4 bridgehead atoms. The third-order valence-electron chi connectivity index (χ3n) is 7.30. The van der Waals surface area contributed by atoms with E-state index in [1.807, 2.05) is 18.2 Å². The lowest BCUT2D eigenvalue weighted by Gasteiger charge is -2.39. The van der Waals surface area contributed by atoms with Crippen LogP contribution in [0.2, 0.25) is 0 Å². The summed E-state index contributed by atoms with van der Waals surface area (Å²) in [4.78, 5) is 40.2. The molecule has 1 saturated heterocycles. The van der Waals surface area contributed by atoms with Crippen LogP contribution in [-0.2, 0) is 22.6 Å². The Hall–Kier alpha value is -4.80. The quantitative estimate of drug-likeness (QED) is 0.428. The maximum absolute atomic E-state index is 13.5. The molecular weight excluding hydrogens is 545 g/mol. The van der Waals surface area contributed by atoms with Crippen LogP contribution in [0.4, 0.5) is 4.39 Å². The number of carbonyl (C=O) groups is 3. The fourth-order valence-electron chi connectivity index (χ4n) is 5.04. The lowest BCUT2D eigenvalue weighted by atomic mass is 10.00. The molecule has 8 rings (SSSR count). The van der Waals surface area contributed by atoms with E-state index in [2.05, 4.69) is 10.6 Å². The van der Waals surface area contributed by atoms with Gasteiger partial charge in [0.1, 0.15) is 23.4 Å². The number of phenolic OH excluding ortho intramolecular Hbond substituents is 1. The molecule has 1 fully saturated rings. The van der Waals surface area contributed by atoms with Crippen LogP contribution in [0.1, 0.15) is 34.3 Å². The Bertz CT molecular complexity index is 1460. The molecule has 3 aromatic rings. The fourth-order valence-corrected chi connectivity index (χ4v) is 5.04. The molecule has 0 unspecified atom stereocenters. The number of aromatic hydroxyl groups is 1. The molecule has 3 amide bonds. The molecule has 0 aromatic heterocycles. The van der Waals surface area contributed by atoms with Crippen LogP contribution in [0.3, 0.4) is 0 Å². The second-order valence-electron chi connectivity index (χ2n) is 10.2. The molecule has 0 saturated carbocycles. The first-order chi connectivity index (χ1) is 20.3. The first kappa shape index (κ1) is 28.7. The van der Waals surface area contributed by atoms with Crippen molar-refractivity contribution in [3.63, 3.8) is 0 Å². The molecule has 3 aromatic carbocycles. The Morgan fingerprint density at radius 3 is 2.57 bits per heavy atom. The Morgan fingerprint density at radius 1 is 1.02 bits per heavy atom. The Kier molecular flexibility index (Phi) is 8.75. The van der Waals surface area contributed by atoms with Gasteiger partial charge in [0.2, 0.25) is 5.91 Å². The molecule has 0 aliphatic carbocycles. The number of ether oxygens (including phenoxy) is 3. The first-order valence-corrected chi connectivity index (χ1v) is 13.7. The summed E-state index contributed by atoms with van der Waals surface area (Å²) >= 11 is 0. The van der Waals surface area contributed by atoms with Crippen molar-refractivity contribution in [2.75, 3.05) is 26.8 Å². The number of rotatable bonds is 2. The zero-order chi connectivity index (χ0) is 29.6. The van der Waals surface area contributed by atoms with Gasteiger partial charge in [-0.25, -0.2) is 4.39 Å². The highest BCUT2D eigenvalue weighted by molar-refractivity contribution is 5.97. The number of amides is 3. The van der Waals surface area contributed by atoms with E-state index in [0.29, 0.717) is 43.1 Å². The summed E-state index contributed by atoms with van der Waals surface area (Å²) in [6.07, 6.45) is 0.705. The van der Waals surface area contributed by atoms with Crippen molar-refractivity contribution in [2.45, 2.75) is 38.0 Å². The number of likely N-dealkylation sites (tertiary alicyclic amines) is 1. The van der Waals surface area contributed by atoms with Crippen molar-refractivity contribution in [3.05, 3.63) is 83.2 Å². The number of halogens is 1. The maximum Gasteiger partial charge on any atom is 0.258 e. The number of carbonyl (C=O) groups excluding carboxylic acids is 3. The van der Waals surface area contributed by atoms with E-state index >= 15 is 0 Å². The monoisotopic (exact) mass is 577 g/mol. The van der Waals surface area contributed by atoms with Crippen molar-refractivity contribution in [2.24, 2.45) is 0 Å². The van der Waals surface area contributed by atoms with Crippen LogP contribution in [0.5, 0.6) is 23.0 Å². The van der Waals surface area contributed by atoms with Gasteiger partial charge in [-0.05, 0) is 53.9 Å². The normalized spacial score (nSPS) is 19.5. The second-order valence-corrected chi connectivity index (χ2v) is 10.2. The van der Waals surface area contributed by atoms with Crippen molar-refractivity contribution in [1.29, 1.82) is 0 Å². The third kappa shape index (κ3) is 6.91. The van der Waals surface area contributed by atoms with Gasteiger partial charge < -0.3 is 34.9 Å². The van der Waals surface area contributed by atoms with Gasteiger partial charge in [0.25, 0.3) is 11.8 Å². The zero-order valence-electron chi connectivity index (χ0n) is 23.1. The van der Waals surface area contributed by atoms with Gasteiger partial charge >= 0.3 is 0 Å². The summed E-state index contributed by atoms with van der Waals surface area (Å²) in [5.74, 6) is -0.737. The Balaban J connectivity index is 1.38. The van der Waals surface area contributed by atoms with E-state index in [1.54, 1.807) is 24.3 Å². The number of hydrogen-bond acceptors (Lipinski definition) is 7. The number of phenols is 1. The third-order valence-corrected chi connectivity index (χ3v) is 7.30. The van der Waals surface area contributed by atoms with Gasteiger partial charge in [0, 0.05) is 38.5 Å². The summed E-state index contributed by atoms with van der Waals surface area (Å²) in [7, 11) is 1.50. The van der Waals surface area contributed by atoms with E-state index in [0.717, 1.165) is 23.3 Å². The molecule has 2 atom stereocenters. The zero-order valence-corrected chi connectivity index (χ0v) is 23.1. The van der Waals surface area contributed by atoms with Gasteiger partial charge in [-0.1, -0.05) is 18.2 Å². The number of piperidine rings is 1. The highest BCUT2D eigenvalue weighted by Gasteiger charge is 2.35. The van der Waals surface area contributed by atoms with E-state index in [4.69, 9.17) is 14.2 Å². The lowest BCUT2D eigenvalue weighted by molar-refractivity contribution is -0.125. The average molecular weight is 578 g/mol. The topological polar surface area (TPSA) is 126 Å². The Labute approximate surface area is 242 Å². The van der Waals surface area contributed by atoms with Crippen LogP contribution in [-0.4, -0.2) is 66.7 Å². The van der Waals surface area contributed by atoms with E-state index in [1.165, 1.54) is 18.1 Å². The largest absolute Gasteiger partial charge is 0.507 e. The molecule has 5 aliphatic heterocycles. The van der Waals surface area contributed by atoms with Gasteiger partial charge in [-0.3, -0.25) is 14.4 Å². The highest BCUT2D eigenvalue weighted by Crippen LogP contribution is 2.29. The summed E-state index contributed by atoms with van der Waals surface area (Å²) in [6.45, 7) is 0.429. The minimum Gasteiger partial charge on any atom is -0.507 e. The molecule has 10 nitrogen and oxygen atoms in total. The van der Waals surface area contributed by atoms with Gasteiger partial charge in [0.15, 0.2) is 18.1 Å². The van der Waals surface area contributed by atoms with E-state index in [-0.39, 0.29) is 31.2 Å². The van der Waals surface area contributed by atoms with Crippen molar-refractivity contribution >= 4 is 17.7 Å². The van der Waals surface area contributed by atoms with Crippen LogP contribution in [0.25, 0.3) is 0 Å². The number of hydrogen-bond donors (Lipinski definition) is 3. The van der Waals surface area contributed by atoms with Gasteiger partial charge in [-0.15, -0.1) is 0 Å². The smallest absolute Gasteiger partial charge is 0.258 e.